The molecule has 32 heavy (non-hydrogen) atoms. The standard InChI is InChI=1S/C23H44N6O2.HI/c1-19(2)31-18-17-27-10-7-21(8-11-27)26-23(24-3)25-9-12-28-13-15-29(16-14-28)22(30)20-5-4-6-20;/h19-21H,4-18H2,1-3H3,(H2,24,25,26);1H. The van der Waals surface area contributed by atoms with Crippen LogP contribution >= 0.6 is 24.0 Å². The molecule has 0 aromatic heterocycles. The Morgan fingerprint density at radius 3 is 2.22 bits per heavy atom. The fraction of sp³-hybridized carbons (Fsp3) is 0.913. The molecule has 2 aliphatic heterocycles. The van der Waals surface area contributed by atoms with Crippen molar-refractivity contribution in [3.63, 3.8) is 0 Å². The van der Waals surface area contributed by atoms with Gasteiger partial charge in [-0.3, -0.25) is 14.7 Å². The first-order valence-electron chi connectivity index (χ1n) is 12.4. The van der Waals surface area contributed by atoms with Gasteiger partial charge in [0.25, 0.3) is 0 Å². The van der Waals surface area contributed by atoms with E-state index in [-0.39, 0.29) is 24.0 Å². The van der Waals surface area contributed by atoms with E-state index in [2.05, 4.69) is 44.2 Å². The number of hydrogen-bond acceptors (Lipinski definition) is 5. The van der Waals surface area contributed by atoms with Gasteiger partial charge in [-0.2, -0.15) is 0 Å². The van der Waals surface area contributed by atoms with Crippen LogP contribution < -0.4 is 10.6 Å². The number of likely N-dealkylation sites (tertiary alicyclic amines) is 1. The smallest absolute Gasteiger partial charge is 0.225 e. The summed E-state index contributed by atoms with van der Waals surface area (Å²) in [5.41, 5.74) is 0. The fourth-order valence-electron chi connectivity index (χ4n) is 4.54. The first-order valence-corrected chi connectivity index (χ1v) is 12.4. The van der Waals surface area contributed by atoms with E-state index in [1.807, 2.05) is 7.05 Å². The molecule has 0 radical (unpaired) electrons. The maximum Gasteiger partial charge on any atom is 0.225 e. The molecule has 186 valence electrons. The van der Waals surface area contributed by atoms with Crippen molar-refractivity contribution in [2.45, 2.75) is 58.1 Å². The lowest BCUT2D eigenvalue weighted by molar-refractivity contribution is -0.139. The number of ether oxygens (including phenoxy) is 1. The third-order valence-corrected chi connectivity index (χ3v) is 6.87. The molecule has 1 aliphatic carbocycles. The first kappa shape index (κ1) is 27.6. The molecule has 3 aliphatic rings. The van der Waals surface area contributed by atoms with Crippen LogP contribution in [0.15, 0.2) is 4.99 Å². The van der Waals surface area contributed by atoms with E-state index >= 15 is 0 Å². The molecular weight excluding hydrogens is 519 g/mol. The number of guanidine groups is 1. The van der Waals surface area contributed by atoms with Crippen LogP contribution in [0.25, 0.3) is 0 Å². The van der Waals surface area contributed by atoms with Crippen molar-refractivity contribution in [2.24, 2.45) is 10.9 Å². The molecule has 0 unspecified atom stereocenters. The number of rotatable bonds is 9. The second kappa shape index (κ2) is 14.6. The van der Waals surface area contributed by atoms with Gasteiger partial charge >= 0.3 is 0 Å². The lowest BCUT2D eigenvalue weighted by Crippen LogP contribution is -2.53. The molecule has 0 atom stereocenters. The Bertz CT molecular complexity index is 571. The number of piperazine rings is 1. The molecule has 0 aromatic carbocycles. The average Bonchev–Trinajstić information content (AvgIpc) is 2.73. The Labute approximate surface area is 211 Å². The molecule has 2 saturated heterocycles. The maximum absolute atomic E-state index is 12.4. The van der Waals surface area contributed by atoms with Gasteiger partial charge < -0.3 is 25.2 Å². The zero-order valence-electron chi connectivity index (χ0n) is 20.4. The topological polar surface area (TPSA) is 72.4 Å². The Morgan fingerprint density at radius 1 is 1.00 bits per heavy atom. The van der Waals surface area contributed by atoms with Gasteiger partial charge in [0.15, 0.2) is 5.96 Å². The predicted molar refractivity (Wildman–Crippen MR) is 141 cm³/mol. The van der Waals surface area contributed by atoms with E-state index in [0.29, 0.717) is 24.0 Å². The van der Waals surface area contributed by atoms with Crippen molar-refractivity contribution in [3.05, 3.63) is 0 Å². The summed E-state index contributed by atoms with van der Waals surface area (Å²) >= 11 is 0. The molecule has 2 N–H and O–H groups in total. The van der Waals surface area contributed by atoms with Gasteiger partial charge in [0.2, 0.25) is 5.91 Å². The Balaban J connectivity index is 0.00000363. The van der Waals surface area contributed by atoms with Gasteiger partial charge in [-0.25, -0.2) is 0 Å². The van der Waals surface area contributed by atoms with E-state index in [0.717, 1.165) is 97.2 Å². The summed E-state index contributed by atoms with van der Waals surface area (Å²) < 4.78 is 5.67. The van der Waals surface area contributed by atoms with Crippen LogP contribution in [0.4, 0.5) is 0 Å². The molecule has 2 heterocycles. The molecule has 0 bridgehead atoms. The number of halogens is 1. The molecule has 8 nitrogen and oxygen atoms in total. The number of aliphatic imine (C=N–C) groups is 1. The first-order chi connectivity index (χ1) is 15.0. The minimum atomic E-state index is 0. The lowest BCUT2D eigenvalue weighted by Gasteiger charge is -2.38. The molecule has 3 fully saturated rings. The van der Waals surface area contributed by atoms with Crippen molar-refractivity contribution in [2.75, 3.05) is 72.6 Å². The highest BCUT2D eigenvalue weighted by Gasteiger charge is 2.31. The van der Waals surface area contributed by atoms with Crippen molar-refractivity contribution >= 4 is 35.8 Å². The van der Waals surface area contributed by atoms with Crippen LogP contribution in [0.2, 0.25) is 0 Å². The van der Waals surface area contributed by atoms with Gasteiger partial charge in [-0.05, 0) is 39.5 Å². The van der Waals surface area contributed by atoms with Gasteiger partial charge in [0, 0.05) is 77.9 Å². The minimum Gasteiger partial charge on any atom is -0.377 e. The van der Waals surface area contributed by atoms with Crippen LogP contribution in [0.1, 0.15) is 46.0 Å². The van der Waals surface area contributed by atoms with Crippen LogP contribution in [0.5, 0.6) is 0 Å². The van der Waals surface area contributed by atoms with Crippen molar-refractivity contribution in [1.29, 1.82) is 0 Å². The predicted octanol–water partition coefficient (Wildman–Crippen LogP) is 1.60. The van der Waals surface area contributed by atoms with E-state index in [4.69, 9.17) is 4.74 Å². The number of piperidine rings is 1. The zero-order chi connectivity index (χ0) is 22.1. The van der Waals surface area contributed by atoms with E-state index in [1.165, 1.54) is 6.42 Å². The van der Waals surface area contributed by atoms with Crippen molar-refractivity contribution in [1.82, 2.24) is 25.3 Å². The number of nitrogens with zero attached hydrogens (tertiary/aromatic N) is 4. The quantitative estimate of drug-likeness (QED) is 0.252. The maximum atomic E-state index is 12.4. The zero-order valence-corrected chi connectivity index (χ0v) is 22.7. The van der Waals surface area contributed by atoms with Crippen LogP contribution in [0.3, 0.4) is 0 Å². The fourth-order valence-corrected chi connectivity index (χ4v) is 4.54. The minimum absolute atomic E-state index is 0. The number of hydrogen-bond donors (Lipinski definition) is 2. The monoisotopic (exact) mass is 564 g/mol. The highest BCUT2D eigenvalue weighted by atomic mass is 127. The van der Waals surface area contributed by atoms with E-state index < -0.39 is 0 Å². The summed E-state index contributed by atoms with van der Waals surface area (Å²) in [6, 6.07) is 0.481. The van der Waals surface area contributed by atoms with Crippen molar-refractivity contribution in [3.8, 4) is 0 Å². The summed E-state index contributed by atoms with van der Waals surface area (Å²) in [4.78, 5) is 23.8. The average molecular weight is 565 g/mol. The highest BCUT2D eigenvalue weighted by Crippen LogP contribution is 2.28. The third-order valence-electron chi connectivity index (χ3n) is 6.87. The number of carbonyl (C=O) groups excluding carboxylic acids is 1. The summed E-state index contributed by atoms with van der Waals surface area (Å²) in [6.45, 7) is 13.8. The molecule has 9 heteroatoms. The van der Waals surface area contributed by atoms with Crippen LogP contribution in [-0.4, -0.2) is 111 Å². The summed E-state index contributed by atoms with van der Waals surface area (Å²) in [7, 11) is 1.85. The SMILES string of the molecule is CN=C(NCCN1CCN(C(=O)C2CCC2)CC1)NC1CCN(CCOC(C)C)CC1.I. The number of carbonyl (C=O) groups is 1. The Morgan fingerprint density at radius 2 is 1.66 bits per heavy atom. The lowest BCUT2D eigenvalue weighted by atomic mass is 9.84. The van der Waals surface area contributed by atoms with Crippen LogP contribution in [0, 0.1) is 5.92 Å². The Kier molecular flexibility index (Phi) is 12.6. The number of amides is 1. The van der Waals surface area contributed by atoms with Gasteiger partial charge in [0.05, 0.1) is 12.7 Å². The summed E-state index contributed by atoms with van der Waals surface area (Å²) in [5, 5.41) is 7.07. The van der Waals surface area contributed by atoms with E-state index in [1.54, 1.807) is 0 Å². The summed E-state index contributed by atoms with van der Waals surface area (Å²) in [5.74, 6) is 1.62. The van der Waals surface area contributed by atoms with Gasteiger partial charge in [0.1, 0.15) is 0 Å². The van der Waals surface area contributed by atoms with Crippen LogP contribution in [-0.2, 0) is 9.53 Å². The number of nitrogens with one attached hydrogen (secondary N) is 2. The normalized spacial score (nSPS) is 21.9. The third kappa shape index (κ3) is 8.95. The Hall–Kier alpha value is -0.650. The summed E-state index contributed by atoms with van der Waals surface area (Å²) in [6.07, 6.45) is 6.01. The van der Waals surface area contributed by atoms with Gasteiger partial charge in [-0.1, -0.05) is 6.42 Å². The molecular formula is C23H45IN6O2. The molecule has 0 aromatic rings. The van der Waals surface area contributed by atoms with Crippen molar-refractivity contribution < 1.29 is 9.53 Å². The second-order valence-electron chi connectivity index (χ2n) is 9.47. The van der Waals surface area contributed by atoms with Gasteiger partial charge in [-0.15, -0.1) is 24.0 Å². The molecule has 1 amide bonds. The van der Waals surface area contributed by atoms with E-state index in [9.17, 15) is 4.79 Å². The molecule has 0 spiro atoms. The molecule has 1 saturated carbocycles. The molecule has 3 rings (SSSR count). The highest BCUT2D eigenvalue weighted by molar-refractivity contribution is 14.0. The largest absolute Gasteiger partial charge is 0.377 e. The second-order valence-corrected chi connectivity index (χ2v) is 9.47.